The van der Waals surface area contributed by atoms with Crippen molar-refractivity contribution in [3.8, 4) is 0 Å². The van der Waals surface area contributed by atoms with Crippen molar-refractivity contribution < 1.29 is 23.6 Å². The van der Waals surface area contributed by atoms with Crippen LogP contribution in [0.1, 0.15) is 20.3 Å². The lowest BCUT2D eigenvalue weighted by Gasteiger charge is -2.30. The molecule has 3 rings (SSSR count). The van der Waals surface area contributed by atoms with Crippen molar-refractivity contribution in [2.24, 2.45) is 23.7 Å². The quantitative estimate of drug-likeness (QED) is 0.312. The van der Waals surface area contributed by atoms with Crippen LogP contribution < -0.4 is 0 Å². The summed E-state index contributed by atoms with van der Waals surface area (Å²) >= 11 is 0. The minimum absolute atomic E-state index is 0.0217. The zero-order valence-electron chi connectivity index (χ0n) is 14.9. The summed E-state index contributed by atoms with van der Waals surface area (Å²) in [4.78, 5) is 38.6. The van der Waals surface area contributed by atoms with Crippen molar-refractivity contribution in [1.29, 1.82) is 0 Å². The molecule has 0 aromatic heterocycles. The summed E-state index contributed by atoms with van der Waals surface area (Å²) in [6.07, 6.45) is 5.01. The Bertz CT molecular complexity index is 566. The molecule has 0 spiro atoms. The van der Waals surface area contributed by atoms with Crippen LogP contribution in [0.3, 0.4) is 0 Å². The summed E-state index contributed by atoms with van der Waals surface area (Å²) < 4.78 is 5.58. The maximum atomic E-state index is 12.6. The Hall–Kier alpha value is -1.69. The van der Waals surface area contributed by atoms with Crippen LogP contribution in [-0.4, -0.2) is 67.0 Å². The third-order valence-electron chi connectivity index (χ3n) is 5.41. The Kier molecular flexibility index (Phi) is 4.28. The maximum absolute atomic E-state index is 12.6. The number of hydrogen-bond acceptors (Lipinski definition) is 4. The fourth-order valence-electron chi connectivity index (χ4n) is 4.28. The lowest BCUT2D eigenvalue weighted by molar-refractivity contribution is -0.882. The van der Waals surface area contributed by atoms with Crippen LogP contribution in [0.5, 0.6) is 0 Å². The Labute approximate surface area is 143 Å². The molecule has 2 aliphatic carbocycles. The molecule has 24 heavy (non-hydrogen) atoms. The molecular formula is C18H27N2O4+. The first-order chi connectivity index (χ1) is 11.2. The number of imide groups is 1. The predicted molar refractivity (Wildman–Crippen MR) is 87.5 cm³/mol. The summed E-state index contributed by atoms with van der Waals surface area (Å²) in [6, 6.07) is 0. The van der Waals surface area contributed by atoms with E-state index in [1.54, 1.807) is 0 Å². The fourth-order valence-corrected chi connectivity index (χ4v) is 4.28. The van der Waals surface area contributed by atoms with Crippen molar-refractivity contribution in [1.82, 2.24) is 4.90 Å². The highest BCUT2D eigenvalue weighted by molar-refractivity contribution is 6.06. The average molecular weight is 335 g/mol. The molecule has 4 atom stereocenters. The van der Waals surface area contributed by atoms with E-state index in [-0.39, 0.29) is 54.1 Å². The van der Waals surface area contributed by atoms with Gasteiger partial charge in [0.15, 0.2) is 6.54 Å². The summed E-state index contributed by atoms with van der Waals surface area (Å²) in [5, 5.41) is 0. The number of quaternary nitrogens is 1. The number of likely N-dealkylation sites (tertiary alicyclic amines) is 1. The molecule has 0 aromatic carbocycles. The highest BCUT2D eigenvalue weighted by Crippen LogP contribution is 2.52. The van der Waals surface area contributed by atoms with E-state index < -0.39 is 0 Å². The third-order valence-corrected chi connectivity index (χ3v) is 5.41. The molecule has 6 nitrogen and oxygen atoms in total. The van der Waals surface area contributed by atoms with Gasteiger partial charge in [0.05, 0.1) is 45.1 Å². The summed E-state index contributed by atoms with van der Waals surface area (Å²) in [5.74, 6) is -0.107. The molecule has 2 amide bonds. The van der Waals surface area contributed by atoms with Crippen LogP contribution in [0.2, 0.25) is 0 Å². The first-order valence-corrected chi connectivity index (χ1v) is 8.74. The van der Waals surface area contributed by atoms with Gasteiger partial charge in [0, 0.05) is 0 Å². The average Bonchev–Trinajstić information content (AvgIpc) is 3.10. The number of carbonyl (C=O) groups is 3. The van der Waals surface area contributed by atoms with Crippen LogP contribution in [0, 0.1) is 23.7 Å². The largest absolute Gasteiger partial charge is 0.459 e. The monoisotopic (exact) mass is 335 g/mol. The number of carbonyl (C=O) groups excluding carboxylic acids is 3. The smallest absolute Gasteiger partial charge is 0.362 e. The number of amides is 2. The summed E-state index contributed by atoms with van der Waals surface area (Å²) in [7, 11) is 3.83. The number of esters is 1. The van der Waals surface area contributed by atoms with Gasteiger partial charge in [-0.1, -0.05) is 12.2 Å². The van der Waals surface area contributed by atoms with E-state index in [1.165, 1.54) is 4.90 Å². The maximum Gasteiger partial charge on any atom is 0.362 e. The number of allylic oxidation sites excluding steroid dienone is 2. The molecule has 0 radical (unpaired) electrons. The van der Waals surface area contributed by atoms with E-state index in [0.717, 1.165) is 6.42 Å². The lowest BCUT2D eigenvalue weighted by Crippen LogP contribution is -2.50. The second kappa shape index (κ2) is 5.99. The fraction of sp³-hybridized carbons (Fsp3) is 0.722. The number of ether oxygens (including phenoxy) is 1. The van der Waals surface area contributed by atoms with Gasteiger partial charge in [-0.25, -0.2) is 4.79 Å². The van der Waals surface area contributed by atoms with Gasteiger partial charge >= 0.3 is 5.97 Å². The number of likely N-dealkylation sites (N-methyl/N-ethyl adjacent to an activating group) is 1. The van der Waals surface area contributed by atoms with Crippen LogP contribution >= 0.6 is 0 Å². The highest BCUT2D eigenvalue weighted by Gasteiger charge is 2.59. The molecule has 2 fully saturated rings. The predicted octanol–water partition coefficient (Wildman–Crippen LogP) is 0.821. The van der Waals surface area contributed by atoms with Crippen molar-refractivity contribution in [2.45, 2.75) is 26.4 Å². The van der Waals surface area contributed by atoms with Gasteiger partial charge in [-0.2, -0.15) is 0 Å². The van der Waals surface area contributed by atoms with E-state index in [1.807, 2.05) is 27.9 Å². The summed E-state index contributed by atoms with van der Waals surface area (Å²) in [5.41, 5.74) is 0. The zero-order valence-corrected chi connectivity index (χ0v) is 14.9. The van der Waals surface area contributed by atoms with Crippen molar-refractivity contribution >= 4 is 17.8 Å². The second-order valence-electron chi connectivity index (χ2n) is 8.18. The Morgan fingerprint density at radius 3 is 2.25 bits per heavy atom. The Morgan fingerprint density at radius 1 is 1.21 bits per heavy atom. The van der Waals surface area contributed by atoms with Gasteiger partial charge in [-0.15, -0.1) is 0 Å². The minimum Gasteiger partial charge on any atom is -0.459 e. The SMILES string of the molecule is CC(C)OC(=O)C[N+](C)(C)CCN1C(=O)[C@@H]2[C@@H](C1=O)[C@H]1C=C[C@H]2C1. The van der Waals surface area contributed by atoms with Gasteiger partial charge in [-0.3, -0.25) is 14.5 Å². The second-order valence-corrected chi connectivity index (χ2v) is 8.18. The number of hydrogen-bond donors (Lipinski definition) is 0. The molecule has 132 valence electrons. The molecular weight excluding hydrogens is 308 g/mol. The topological polar surface area (TPSA) is 63.7 Å². The minimum atomic E-state index is -0.256. The molecule has 6 heteroatoms. The van der Waals surface area contributed by atoms with E-state index in [2.05, 4.69) is 12.2 Å². The van der Waals surface area contributed by atoms with Crippen LogP contribution in [0.4, 0.5) is 0 Å². The highest BCUT2D eigenvalue weighted by atomic mass is 16.5. The molecule has 0 N–H and O–H groups in total. The number of fused-ring (bicyclic) bond motifs is 5. The van der Waals surface area contributed by atoms with E-state index in [9.17, 15) is 14.4 Å². The van der Waals surface area contributed by atoms with Crippen molar-refractivity contribution in [2.75, 3.05) is 33.7 Å². The molecule has 1 saturated heterocycles. The van der Waals surface area contributed by atoms with Gasteiger partial charge in [0.1, 0.15) is 0 Å². The molecule has 1 saturated carbocycles. The Morgan fingerprint density at radius 2 is 1.75 bits per heavy atom. The summed E-state index contributed by atoms with van der Waals surface area (Å²) in [6.45, 7) is 4.79. The van der Waals surface area contributed by atoms with Gasteiger partial charge < -0.3 is 9.22 Å². The third kappa shape index (κ3) is 2.99. The van der Waals surface area contributed by atoms with Crippen molar-refractivity contribution in [3.05, 3.63) is 12.2 Å². The van der Waals surface area contributed by atoms with Gasteiger partial charge in [-0.05, 0) is 32.1 Å². The lowest BCUT2D eigenvalue weighted by atomic mass is 9.85. The molecule has 1 heterocycles. The van der Waals surface area contributed by atoms with Crippen molar-refractivity contribution in [3.63, 3.8) is 0 Å². The normalized spacial score (nSPS) is 31.3. The van der Waals surface area contributed by atoms with E-state index in [0.29, 0.717) is 17.6 Å². The molecule has 2 bridgehead atoms. The van der Waals surface area contributed by atoms with Crippen LogP contribution in [0.15, 0.2) is 12.2 Å². The van der Waals surface area contributed by atoms with Gasteiger partial charge in [0.25, 0.3) is 0 Å². The molecule has 3 aliphatic rings. The molecule has 0 aromatic rings. The Balaban J connectivity index is 1.58. The zero-order chi connectivity index (χ0) is 17.6. The van der Waals surface area contributed by atoms with E-state index in [4.69, 9.17) is 4.74 Å². The van der Waals surface area contributed by atoms with Gasteiger partial charge in [0.2, 0.25) is 11.8 Å². The number of rotatable bonds is 6. The van der Waals surface area contributed by atoms with Crippen LogP contribution in [-0.2, 0) is 19.1 Å². The first kappa shape index (κ1) is 17.1. The molecule has 0 unspecified atom stereocenters. The standard InChI is InChI=1S/C18H27N2O4/c1-11(2)24-14(21)10-20(3,4)8-7-19-17(22)15-12-5-6-13(9-12)16(15)18(19)23/h5-6,11-13,15-16H,7-10H2,1-4H3/q+1/t12-,13-,15-,16-/m0/s1. The van der Waals surface area contributed by atoms with Crippen LogP contribution in [0.25, 0.3) is 0 Å². The van der Waals surface area contributed by atoms with E-state index >= 15 is 0 Å². The first-order valence-electron chi connectivity index (χ1n) is 8.74. The number of nitrogens with zero attached hydrogens (tertiary/aromatic N) is 2. The molecule has 1 aliphatic heterocycles.